The van der Waals surface area contributed by atoms with Gasteiger partial charge in [0, 0.05) is 16.8 Å². The number of carbonyl (C=O) groups is 1. The van der Waals surface area contributed by atoms with Crippen LogP contribution in [0.15, 0.2) is 42.5 Å². The average Bonchev–Trinajstić information content (AvgIpc) is 2.41. The number of amides is 1. The van der Waals surface area contributed by atoms with E-state index in [1.54, 1.807) is 24.3 Å². The largest absolute Gasteiger partial charge is 0.491 e. The maximum atomic E-state index is 13.7. The molecule has 3 nitrogen and oxygen atoms in total. The lowest BCUT2D eigenvalue weighted by molar-refractivity contribution is -0.115. The smallest absolute Gasteiger partial charge is 0.228 e. The van der Waals surface area contributed by atoms with E-state index in [0.29, 0.717) is 22.0 Å². The summed E-state index contributed by atoms with van der Waals surface area (Å²) >= 11 is 5.69. The lowest BCUT2D eigenvalue weighted by atomic mass is 10.1. The Morgan fingerprint density at radius 3 is 2.73 bits per heavy atom. The second kappa shape index (κ2) is 7.27. The van der Waals surface area contributed by atoms with Crippen LogP contribution in [-0.4, -0.2) is 12.0 Å². The van der Waals surface area contributed by atoms with Gasteiger partial charge in [0.2, 0.25) is 5.91 Å². The van der Waals surface area contributed by atoms with Gasteiger partial charge in [-0.05, 0) is 43.7 Å². The highest BCUT2D eigenvalue weighted by Crippen LogP contribution is 2.19. The molecule has 0 atom stereocenters. The minimum absolute atomic E-state index is 0.0501. The molecule has 0 spiro atoms. The highest BCUT2D eigenvalue weighted by atomic mass is 35.5. The first-order valence-corrected chi connectivity index (χ1v) is 7.32. The fourth-order valence-electron chi connectivity index (χ4n) is 1.96. The maximum Gasteiger partial charge on any atom is 0.228 e. The minimum atomic E-state index is -0.487. The van der Waals surface area contributed by atoms with Crippen LogP contribution in [0.25, 0.3) is 0 Å². The van der Waals surface area contributed by atoms with E-state index in [4.69, 9.17) is 16.3 Å². The van der Waals surface area contributed by atoms with Gasteiger partial charge in [-0.1, -0.05) is 23.7 Å². The third-order valence-corrected chi connectivity index (χ3v) is 3.09. The average molecular weight is 322 g/mol. The fourth-order valence-corrected chi connectivity index (χ4v) is 2.12. The summed E-state index contributed by atoms with van der Waals surface area (Å²) in [7, 11) is 0. The molecule has 0 aliphatic rings. The van der Waals surface area contributed by atoms with Crippen molar-refractivity contribution in [2.75, 3.05) is 5.32 Å². The Morgan fingerprint density at radius 1 is 1.27 bits per heavy atom. The molecule has 0 saturated heterocycles. The van der Waals surface area contributed by atoms with Crippen molar-refractivity contribution in [3.05, 3.63) is 58.9 Å². The minimum Gasteiger partial charge on any atom is -0.491 e. The molecule has 0 saturated carbocycles. The molecular formula is C17H17ClFNO2. The van der Waals surface area contributed by atoms with E-state index in [0.717, 1.165) is 0 Å². The van der Waals surface area contributed by atoms with Gasteiger partial charge < -0.3 is 10.1 Å². The zero-order valence-electron chi connectivity index (χ0n) is 12.4. The van der Waals surface area contributed by atoms with Gasteiger partial charge >= 0.3 is 0 Å². The predicted molar refractivity (Wildman–Crippen MR) is 85.9 cm³/mol. The summed E-state index contributed by atoms with van der Waals surface area (Å²) < 4.78 is 19.2. The summed E-state index contributed by atoms with van der Waals surface area (Å²) in [4.78, 5) is 12.0. The Bertz CT molecular complexity index is 673. The summed E-state index contributed by atoms with van der Waals surface area (Å²) in [5, 5.41) is 3.03. The van der Waals surface area contributed by atoms with Crippen LogP contribution in [0.1, 0.15) is 19.4 Å². The molecule has 1 amide bonds. The number of benzene rings is 2. The third kappa shape index (κ3) is 4.74. The second-order valence-corrected chi connectivity index (χ2v) is 5.59. The first-order chi connectivity index (χ1) is 10.4. The number of ether oxygens (including phenoxy) is 1. The molecule has 2 rings (SSSR count). The van der Waals surface area contributed by atoms with Crippen molar-refractivity contribution in [2.45, 2.75) is 26.4 Å². The molecule has 1 N–H and O–H groups in total. The maximum absolute atomic E-state index is 13.7. The molecule has 0 unspecified atom stereocenters. The quantitative estimate of drug-likeness (QED) is 0.883. The van der Waals surface area contributed by atoms with Crippen molar-refractivity contribution in [1.29, 1.82) is 0 Å². The van der Waals surface area contributed by atoms with E-state index < -0.39 is 5.82 Å². The van der Waals surface area contributed by atoms with Gasteiger partial charge in [0.1, 0.15) is 11.6 Å². The van der Waals surface area contributed by atoms with Crippen LogP contribution in [0.2, 0.25) is 5.02 Å². The van der Waals surface area contributed by atoms with Crippen molar-refractivity contribution in [3.8, 4) is 5.75 Å². The summed E-state index contributed by atoms with van der Waals surface area (Å²) in [6.07, 6.45) is -0.00717. The second-order valence-electron chi connectivity index (χ2n) is 5.16. The van der Waals surface area contributed by atoms with Gasteiger partial charge in [-0.15, -0.1) is 0 Å². The van der Waals surface area contributed by atoms with Crippen molar-refractivity contribution >= 4 is 23.2 Å². The molecule has 0 bridgehead atoms. The fraction of sp³-hybridized carbons (Fsp3) is 0.235. The van der Waals surface area contributed by atoms with Crippen molar-refractivity contribution in [2.24, 2.45) is 0 Å². The van der Waals surface area contributed by atoms with Crippen molar-refractivity contribution in [1.82, 2.24) is 0 Å². The molecule has 0 aliphatic heterocycles. The van der Waals surface area contributed by atoms with Crippen LogP contribution in [0.3, 0.4) is 0 Å². The van der Waals surface area contributed by atoms with Crippen LogP contribution >= 0.6 is 11.6 Å². The zero-order chi connectivity index (χ0) is 16.1. The molecule has 116 valence electrons. The molecule has 2 aromatic carbocycles. The summed E-state index contributed by atoms with van der Waals surface area (Å²) in [5.74, 6) is -0.118. The van der Waals surface area contributed by atoms with E-state index in [2.05, 4.69) is 5.32 Å². The van der Waals surface area contributed by atoms with Crippen LogP contribution in [0.4, 0.5) is 10.1 Å². The first kappa shape index (κ1) is 16.3. The summed E-state index contributed by atoms with van der Waals surface area (Å²) in [6.45, 7) is 3.85. The molecule has 22 heavy (non-hydrogen) atoms. The Hall–Kier alpha value is -2.07. The van der Waals surface area contributed by atoms with Crippen molar-refractivity contribution in [3.63, 3.8) is 0 Å². The molecule has 0 radical (unpaired) electrons. The van der Waals surface area contributed by atoms with E-state index in [-0.39, 0.29) is 18.4 Å². The van der Waals surface area contributed by atoms with Gasteiger partial charge in [0.15, 0.2) is 0 Å². The molecule has 0 aliphatic carbocycles. The summed E-state index contributed by atoms with van der Waals surface area (Å²) in [6, 6.07) is 11.4. The van der Waals surface area contributed by atoms with Crippen LogP contribution in [0, 0.1) is 5.82 Å². The lowest BCUT2D eigenvalue weighted by Gasteiger charge is -2.11. The summed E-state index contributed by atoms with van der Waals surface area (Å²) in [5.41, 5.74) is 0.911. The number of nitrogens with one attached hydrogen (secondary N) is 1. The molecule has 0 aromatic heterocycles. The number of carbonyl (C=O) groups excluding carboxylic acids is 1. The first-order valence-electron chi connectivity index (χ1n) is 6.94. The van der Waals surface area contributed by atoms with E-state index in [9.17, 15) is 9.18 Å². The van der Waals surface area contributed by atoms with Crippen LogP contribution < -0.4 is 10.1 Å². The van der Waals surface area contributed by atoms with Gasteiger partial charge in [-0.2, -0.15) is 0 Å². The molecule has 2 aromatic rings. The monoisotopic (exact) mass is 321 g/mol. The lowest BCUT2D eigenvalue weighted by Crippen LogP contribution is -2.15. The van der Waals surface area contributed by atoms with E-state index in [1.165, 1.54) is 12.1 Å². The predicted octanol–water partition coefficient (Wildman–Crippen LogP) is 4.45. The number of hydrogen-bond donors (Lipinski definition) is 1. The number of rotatable bonds is 5. The van der Waals surface area contributed by atoms with E-state index >= 15 is 0 Å². The van der Waals surface area contributed by atoms with Crippen LogP contribution in [0.5, 0.6) is 5.75 Å². The Kier molecular flexibility index (Phi) is 5.39. The third-order valence-electron chi connectivity index (χ3n) is 2.86. The van der Waals surface area contributed by atoms with Gasteiger partial charge in [-0.3, -0.25) is 4.79 Å². The SMILES string of the molecule is CC(C)Oc1cccc(NC(=O)Cc2ccc(Cl)cc2F)c1. The highest BCUT2D eigenvalue weighted by molar-refractivity contribution is 6.30. The van der Waals surface area contributed by atoms with Gasteiger partial charge in [0.05, 0.1) is 12.5 Å². The molecule has 5 heteroatoms. The zero-order valence-corrected chi connectivity index (χ0v) is 13.2. The van der Waals surface area contributed by atoms with Gasteiger partial charge in [-0.25, -0.2) is 4.39 Å². The Morgan fingerprint density at radius 2 is 2.05 bits per heavy atom. The number of hydrogen-bond acceptors (Lipinski definition) is 2. The Balaban J connectivity index is 2.02. The normalized spacial score (nSPS) is 10.6. The number of anilines is 1. The van der Waals surface area contributed by atoms with Gasteiger partial charge in [0.25, 0.3) is 0 Å². The standard InChI is InChI=1S/C17H17ClFNO2/c1-11(2)22-15-5-3-4-14(10-15)20-17(21)8-12-6-7-13(18)9-16(12)19/h3-7,9-11H,8H2,1-2H3,(H,20,21). The van der Waals surface area contributed by atoms with E-state index in [1.807, 2.05) is 19.9 Å². The number of halogens is 2. The van der Waals surface area contributed by atoms with Crippen molar-refractivity contribution < 1.29 is 13.9 Å². The molecule has 0 fully saturated rings. The van der Waals surface area contributed by atoms with Crippen LogP contribution in [-0.2, 0) is 11.2 Å². The molecule has 0 heterocycles. The topological polar surface area (TPSA) is 38.3 Å². The highest BCUT2D eigenvalue weighted by Gasteiger charge is 2.09. The Labute approximate surface area is 134 Å². The molecular weight excluding hydrogens is 305 g/mol.